The molecule has 0 fully saturated rings. The molecule has 0 spiro atoms. The normalized spacial score (nSPS) is 10.6. The van der Waals surface area contributed by atoms with E-state index in [0.29, 0.717) is 25.6 Å². The van der Waals surface area contributed by atoms with Crippen LogP contribution in [0.2, 0.25) is 0 Å². The maximum Gasteiger partial charge on any atom is 0.317 e. The minimum Gasteiger partial charge on any atom is -0.481 e. The average molecular weight is 254 g/mol. The van der Waals surface area contributed by atoms with Gasteiger partial charge in [-0.2, -0.15) is 0 Å². The minimum absolute atomic E-state index is 0.0185. The highest BCUT2D eigenvalue weighted by Crippen LogP contribution is 2.09. The molecule has 1 rings (SSSR count). The first-order valence-electron chi connectivity index (χ1n) is 5.57. The van der Waals surface area contributed by atoms with E-state index in [4.69, 9.17) is 14.6 Å². The third-order valence-electron chi connectivity index (χ3n) is 2.38. The highest BCUT2D eigenvalue weighted by atomic mass is 16.5. The molecule has 1 N–H and O–H groups in total. The van der Waals surface area contributed by atoms with Gasteiger partial charge in [-0.15, -0.1) is 0 Å². The van der Waals surface area contributed by atoms with Crippen LogP contribution in [0.5, 0.6) is 5.88 Å². The molecule has 0 unspecified atom stereocenters. The number of ether oxygens (including phenoxy) is 2. The zero-order valence-electron chi connectivity index (χ0n) is 10.6. The standard InChI is InChI=1S/C12H18N2O4/c1-17-6-5-14(9-12(15)16)8-10-3-4-11(18-2)13-7-10/h3-4,7H,5-6,8-9H2,1-2H3,(H,15,16). The van der Waals surface area contributed by atoms with Crippen molar-refractivity contribution in [1.82, 2.24) is 9.88 Å². The van der Waals surface area contributed by atoms with E-state index >= 15 is 0 Å². The largest absolute Gasteiger partial charge is 0.481 e. The highest BCUT2D eigenvalue weighted by Gasteiger charge is 2.10. The highest BCUT2D eigenvalue weighted by molar-refractivity contribution is 5.69. The fourth-order valence-corrected chi connectivity index (χ4v) is 1.51. The van der Waals surface area contributed by atoms with Gasteiger partial charge in [-0.3, -0.25) is 9.69 Å². The molecule has 0 aliphatic rings. The Bertz CT molecular complexity index is 367. The predicted molar refractivity (Wildman–Crippen MR) is 65.6 cm³/mol. The first-order valence-corrected chi connectivity index (χ1v) is 5.57. The van der Waals surface area contributed by atoms with Gasteiger partial charge in [0.25, 0.3) is 0 Å². The Hall–Kier alpha value is -1.66. The molecule has 0 aromatic carbocycles. The number of hydrogen-bond donors (Lipinski definition) is 1. The van der Waals surface area contributed by atoms with Crippen molar-refractivity contribution in [3.05, 3.63) is 23.9 Å². The van der Waals surface area contributed by atoms with E-state index in [-0.39, 0.29) is 6.54 Å². The Morgan fingerprint density at radius 2 is 2.22 bits per heavy atom. The fraction of sp³-hybridized carbons (Fsp3) is 0.500. The summed E-state index contributed by atoms with van der Waals surface area (Å²) in [6, 6.07) is 3.62. The van der Waals surface area contributed by atoms with Gasteiger partial charge >= 0.3 is 5.97 Å². The second-order valence-electron chi connectivity index (χ2n) is 3.81. The summed E-state index contributed by atoms with van der Waals surface area (Å²) in [5.41, 5.74) is 0.938. The Morgan fingerprint density at radius 3 is 2.72 bits per heavy atom. The lowest BCUT2D eigenvalue weighted by atomic mass is 10.2. The molecule has 0 aliphatic carbocycles. The molecule has 1 heterocycles. The number of carboxylic acid groups (broad SMARTS) is 1. The van der Waals surface area contributed by atoms with E-state index in [0.717, 1.165) is 5.56 Å². The summed E-state index contributed by atoms with van der Waals surface area (Å²) >= 11 is 0. The van der Waals surface area contributed by atoms with Crippen molar-refractivity contribution in [1.29, 1.82) is 0 Å². The summed E-state index contributed by atoms with van der Waals surface area (Å²) < 4.78 is 9.92. The van der Waals surface area contributed by atoms with Crippen LogP contribution >= 0.6 is 0 Å². The Morgan fingerprint density at radius 1 is 1.44 bits per heavy atom. The molecular formula is C12H18N2O4. The lowest BCUT2D eigenvalue weighted by Crippen LogP contribution is -2.32. The van der Waals surface area contributed by atoms with Crippen LogP contribution in [0.1, 0.15) is 5.56 Å². The van der Waals surface area contributed by atoms with E-state index in [9.17, 15) is 4.79 Å². The van der Waals surface area contributed by atoms with Gasteiger partial charge in [-0.05, 0) is 5.56 Å². The number of pyridine rings is 1. The Kier molecular flexibility index (Phi) is 6.10. The second kappa shape index (κ2) is 7.62. The zero-order chi connectivity index (χ0) is 13.4. The van der Waals surface area contributed by atoms with Crippen LogP contribution in [0.4, 0.5) is 0 Å². The van der Waals surface area contributed by atoms with Crippen LogP contribution in [0.25, 0.3) is 0 Å². The summed E-state index contributed by atoms with van der Waals surface area (Å²) in [7, 11) is 3.14. The van der Waals surface area contributed by atoms with E-state index in [1.54, 1.807) is 31.4 Å². The smallest absolute Gasteiger partial charge is 0.317 e. The molecule has 0 aliphatic heterocycles. The number of carbonyl (C=O) groups is 1. The number of rotatable bonds is 8. The van der Waals surface area contributed by atoms with Gasteiger partial charge in [0.1, 0.15) is 0 Å². The third-order valence-corrected chi connectivity index (χ3v) is 2.38. The monoisotopic (exact) mass is 254 g/mol. The quantitative estimate of drug-likeness (QED) is 0.733. The van der Waals surface area contributed by atoms with Crippen molar-refractivity contribution < 1.29 is 19.4 Å². The number of methoxy groups -OCH3 is 2. The number of aromatic nitrogens is 1. The van der Waals surface area contributed by atoms with E-state index < -0.39 is 5.97 Å². The molecule has 100 valence electrons. The van der Waals surface area contributed by atoms with Crippen LogP contribution in [-0.4, -0.2) is 54.9 Å². The van der Waals surface area contributed by atoms with E-state index in [1.165, 1.54) is 0 Å². The van der Waals surface area contributed by atoms with Gasteiger partial charge in [0.2, 0.25) is 5.88 Å². The van der Waals surface area contributed by atoms with Gasteiger partial charge in [0.05, 0.1) is 20.3 Å². The van der Waals surface area contributed by atoms with Gasteiger partial charge in [-0.25, -0.2) is 4.98 Å². The van der Waals surface area contributed by atoms with Crippen LogP contribution in [-0.2, 0) is 16.1 Å². The minimum atomic E-state index is -0.854. The molecule has 0 radical (unpaired) electrons. The van der Waals surface area contributed by atoms with Crippen molar-refractivity contribution in [2.75, 3.05) is 33.9 Å². The predicted octanol–water partition coefficient (Wildman–Crippen LogP) is 0.623. The van der Waals surface area contributed by atoms with Crippen LogP contribution < -0.4 is 4.74 Å². The molecule has 0 amide bonds. The summed E-state index contributed by atoms with van der Waals surface area (Å²) in [5, 5.41) is 8.83. The fourth-order valence-electron chi connectivity index (χ4n) is 1.51. The first kappa shape index (κ1) is 14.4. The molecule has 0 bridgehead atoms. The third kappa shape index (κ3) is 5.11. The van der Waals surface area contributed by atoms with Crippen LogP contribution in [0.3, 0.4) is 0 Å². The topological polar surface area (TPSA) is 71.9 Å². The molecule has 0 saturated carbocycles. The Balaban J connectivity index is 2.59. The number of carboxylic acids is 1. The molecule has 1 aromatic rings. The maximum atomic E-state index is 10.7. The van der Waals surface area contributed by atoms with Crippen molar-refractivity contribution >= 4 is 5.97 Å². The van der Waals surface area contributed by atoms with Crippen molar-refractivity contribution in [2.45, 2.75) is 6.54 Å². The molecule has 1 aromatic heterocycles. The Labute approximate surface area is 106 Å². The molecule has 6 heteroatoms. The van der Waals surface area contributed by atoms with E-state index in [2.05, 4.69) is 4.98 Å². The molecule has 6 nitrogen and oxygen atoms in total. The number of nitrogens with zero attached hydrogens (tertiary/aromatic N) is 2. The van der Waals surface area contributed by atoms with Crippen LogP contribution in [0, 0.1) is 0 Å². The lowest BCUT2D eigenvalue weighted by Gasteiger charge is -2.19. The summed E-state index contributed by atoms with van der Waals surface area (Å²) in [6.07, 6.45) is 1.68. The van der Waals surface area contributed by atoms with Gasteiger partial charge in [0, 0.05) is 32.5 Å². The molecular weight excluding hydrogens is 236 g/mol. The lowest BCUT2D eigenvalue weighted by molar-refractivity contribution is -0.138. The number of hydrogen-bond acceptors (Lipinski definition) is 5. The van der Waals surface area contributed by atoms with Crippen molar-refractivity contribution in [2.24, 2.45) is 0 Å². The summed E-state index contributed by atoms with van der Waals surface area (Å²) in [4.78, 5) is 16.6. The van der Waals surface area contributed by atoms with Gasteiger partial charge in [0.15, 0.2) is 0 Å². The average Bonchev–Trinajstić information content (AvgIpc) is 2.36. The second-order valence-corrected chi connectivity index (χ2v) is 3.81. The first-order chi connectivity index (χ1) is 8.65. The molecule has 0 atom stereocenters. The van der Waals surface area contributed by atoms with Crippen LogP contribution in [0.15, 0.2) is 18.3 Å². The SMILES string of the molecule is COCCN(CC(=O)O)Cc1ccc(OC)nc1. The zero-order valence-corrected chi connectivity index (χ0v) is 10.6. The van der Waals surface area contributed by atoms with Crippen molar-refractivity contribution in [3.8, 4) is 5.88 Å². The summed E-state index contributed by atoms with van der Waals surface area (Å²) in [6.45, 7) is 1.56. The maximum absolute atomic E-state index is 10.7. The molecule has 0 saturated heterocycles. The van der Waals surface area contributed by atoms with Gasteiger partial charge < -0.3 is 14.6 Å². The molecule has 18 heavy (non-hydrogen) atoms. The number of aliphatic carboxylic acids is 1. The van der Waals surface area contributed by atoms with E-state index in [1.807, 2.05) is 6.07 Å². The van der Waals surface area contributed by atoms with Crippen molar-refractivity contribution in [3.63, 3.8) is 0 Å². The summed E-state index contributed by atoms with van der Waals surface area (Å²) in [5.74, 6) is -0.312. The van der Waals surface area contributed by atoms with Gasteiger partial charge in [-0.1, -0.05) is 6.07 Å².